The van der Waals surface area contributed by atoms with Crippen molar-refractivity contribution in [3.8, 4) is 0 Å². The van der Waals surface area contributed by atoms with Crippen LogP contribution < -0.4 is 0 Å². The van der Waals surface area contributed by atoms with Crippen LogP contribution in [0.5, 0.6) is 0 Å². The summed E-state index contributed by atoms with van der Waals surface area (Å²) in [5.74, 6) is 0.489. The molecule has 78 valence electrons. The molecule has 0 aromatic carbocycles. The zero-order valence-corrected chi connectivity index (χ0v) is 9.22. The Hall–Kier alpha value is -1.05. The minimum Gasteiger partial charge on any atom is -0.428 e. The van der Waals surface area contributed by atoms with E-state index in [0.717, 1.165) is 25.0 Å². The van der Waals surface area contributed by atoms with Gasteiger partial charge < -0.3 is 4.74 Å². The molecule has 0 saturated carbocycles. The monoisotopic (exact) mass is 194 g/mol. The van der Waals surface area contributed by atoms with Crippen LogP contribution in [0.1, 0.15) is 40.0 Å². The van der Waals surface area contributed by atoms with E-state index in [-0.39, 0.29) is 11.4 Å². The maximum absolute atomic E-state index is 11.1. The van der Waals surface area contributed by atoms with Gasteiger partial charge in [0.2, 0.25) is 0 Å². The molecule has 0 spiro atoms. The number of carbonyl (C=O) groups is 1. The summed E-state index contributed by atoms with van der Waals surface area (Å²) in [4.78, 5) is 11.1. The quantitative estimate of drug-likeness (QED) is 0.498. The second-order valence-corrected chi connectivity index (χ2v) is 4.41. The van der Waals surface area contributed by atoms with E-state index in [2.05, 4.69) is 20.4 Å². The second kappa shape index (κ2) is 3.99. The molecule has 0 saturated heterocycles. The fraction of sp³-hybridized carbons (Fsp3) is 0.583. The summed E-state index contributed by atoms with van der Waals surface area (Å²) in [6, 6.07) is 0. The van der Waals surface area contributed by atoms with Gasteiger partial charge in [-0.05, 0) is 30.8 Å². The normalized spacial score (nSPS) is 20.5. The number of allylic oxidation sites excluding steroid dienone is 2. The number of carbonyl (C=O) groups excluding carboxylic acids is 1. The lowest BCUT2D eigenvalue weighted by atomic mass is 9.76. The van der Waals surface area contributed by atoms with E-state index in [9.17, 15) is 4.79 Å². The molecular weight excluding hydrogens is 176 g/mol. The van der Waals surface area contributed by atoms with Crippen LogP contribution in [0.15, 0.2) is 24.0 Å². The first-order chi connectivity index (χ1) is 6.47. The predicted octanol–water partition coefficient (Wildman–Crippen LogP) is 3.20. The molecule has 1 aliphatic carbocycles. The van der Waals surface area contributed by atoms with Crippen LogP contribution in [0, 0.1) is 5.41 Å². The molecule has 0 N–H and O–H groups in total. The third-order valence-electron chi connectivity index (χ3n) is 3.03. The lowest BCUT2D eigenvalue weighted by Gasteiger charge is -2.32. The molecule has 0 heterocycles. The smallest absolute Gasteiger partial charge is 0.335 e. The van der Waals surface area contributed by atoms with Gasteiger partial charge in [-0.1, -0.05) is 20.4 Å². The van der Waals surface area contributed by atoms with Gasteiger partial charge in [0.05, 0.1) is 0 Å². The maximum atomic E-state index is 11.1. The first kappa shape index (κ1) is 11.0. The summed E-state index contributed by atoms with van der Waals surface area (Å²) in [5.41, 5.74) is 1.36. The number of ether oxygens (including phenoxy) is 1. The third-order valence-corrected chi connectivity index (χ3v) is 3.03. The number of hydrogen-bond donors (Lipinski definition) is 0. The maximum Gasteiger partial charge on any atom is 0.335 e. The van der Waals surface area contributed by atoms with Crippen molar-refractivity contribution in [2.45, 2.75) is 40.0 Å². The van der Waals surface area contributed by atoms with E-state index in [4.69, 9.17) is 4.74 Å². The zero-order valence-electron chi connectivity index (χ0n) is 9.22. The zero-order chi connectivity index (χ0) is 10.8. The Kier molecular flexibility index (Phi) is 3.14. The topological polar surface area (TPSA) is 26.3 Å². The van der Waals surface area contributed by atoms with Crippen LogP contribution >= 0.6 is 0 Å². The summed E-state index contributed by atoms with van der Waals surface area (Å²) in [6.45, 7) is 9.80. The molecule has 1 aliphatic rings. The Balaban J connectivity index is 2.85. The van der Waals surface area contributed by atoms with Crippen molar-refractivity contribution in [2.75, 3.05) is 0 Å². The van der Waals surface area contributed by atoms with Crippen molar-refractivity contribution in [3.05, 3.63) is 24.0 Å². The van der Waals surface area contributed by atoms with Crippen LogP contribution in [-0.2, 0) is 9.53 Å². The summed E-state index contributed by atoms with van der Waals surface area (Å²) in [5, 5.41) is 0. The highest BCUT2D eigenvalue weighted by molar-refractivity contribution is 5.82. The molecule has 0 aromatic rings. The van der Waals surface area contributed by atoms with E-state index >= 15 is 0 Å². The van der Waals surface area contributed by atoms with E-state index in [1.54, 1.807) is 0 Å². The largest absolute Gasteiger partial charge is 0.428 e. The molecule has 2 heteroatoms. The Morgan fingerprint density at radius 1 is 1.57 bits per heavy atom. The Labute approximate surface area is 85.6 Å². The van der Waals surface area contributed by atoms with Gasteiger partial charge in [0.1, 0.15) is 5.76 Å². The van der Waals surface area contributed by atoms with Crippen molar-refractivity contribution in [3.63, 3.8) is 0 Å². The van der Waals surface area contributed by atoms with Gasteiger partial charge in [0.25, 0.3) is 0 Å². The lowest BCUT2D eigenvalue weighted by molar-refractivity contribution is -0.134. The van der Waals surface area contributed by atoms with Gasteiger partial charge in [-0.15, -0.1) is 0 Å². The summed E-state index contributed by atoms with van der Waals surface area (Å²) in [6.07, 6.45) is 4.33. The summed E-state index contributed by atoms with van der Waals surface area (Å²) >= 11 is 0. The van der Waals surface area contributed by atoms with Crippen molar-refractivity contribution in [1.82, 2.24) is 0 Å². The number of rotatable bonds is 2. The first-order valence-corrected chi connectivity index (χ1v) is 5.02. The van der Waals surface area contributed by atoms with E-state index < -0.39 is 0 Å². The van der Waals surface area contributed by atoms with Crippen LogP contribution in [0.4, 0.5) is 0 Å². The van der Waals surface area contributed by atoms with Gasteiger partial charge in [0, 0.05) is 12.5 Å². The molecule has 0 amide bonds. The van der Waals surface area contributed by atoms with Crippen LogP contribution in [0.2, 0.25) is 0 Å². The SMILES string of the molecule is C=CC(=O)OC1=C(C)C(C)(C)CCC1. The molecule has 0 aromatic heterocycles. The Bertz CT molecular complexity index is 285. The standard InChI is InChI=1S/C12H18O2/c1-5-11(13)14-10-7-6-8-12(3,4)9(10)2/h5H,1,6-8H2,2-4H3. The van der Waals surface area contributed by atoms with Crippen LogP contribution in [0.3, 0.4) is 0 Å². The summed E-state index contributed by atoms with van der Waals surface area (Å²) < 4.78 is 5.21. The van der Waals surface area contributed by atoms with E-state index in [0.29, 0.717) is 0 Å². The minimum absolute atomic E-state index is 0.162. The highest BCUT2D eigenvalue weighted by atomic mass is 16.5. The Morgan fingerprint density at radius 2 is 2.21 bits per heavy atom. The molecule has 0 atom stereocenters. The first-order valence-electron chi connectivity index (χ1n) is 5.02. The van der Waals surface area contributed by atoms with Gasteiger partial charge in [0.15, 0.2) is 0 Å². The molecule has 14 heavy (non-hydrogen) atoms. The van der Waals surface area contributed by atoms with E-state index in [1.165, 1.54) is 11.6 Å². The van der Waals surface area contributed by atoms with Crippen molar-refractivity contribution in [2.24, 2.45) is 5.41 Å². The second-order valence-electron chi connectivity index (χ2n) is 4.41. The average molecular weight is 194 g/mol. The lowest BCUT2D eigenvalue weighted by Crippen LogP contribution is -2.21. The van der Waals surface area contributed by atoms with Gasteiger partial charge in [-0.25, -0.2) is 4.79 Å². The molecule has 0 bridgehead atoms. The third kappa shape index (κ3) is 2.25. The van der Waals surface area contributed by atoms with E-state index in [1.807, 2.05) is 6.92 Å². The number of hydrogen-bond acceptors (Lipinski definition) is 2. The molecule has 1 rings (SSSR count). The summed E-state index contributed by atoms with van der Waals surface area (Å²) in [7, 11) is 0. The molecule has 0 radical (unpaired) electrons. The molecule has 0 aliphatic heterocycles. The molecular formula is C12H18O2. The van der Waals surface area contributed by atoms with Gasteiger partial charge in [-0.3, -0.25) is 0 Å². The number of esters is 1. The van der Waals surface area contributed by atoms with Crippen molar-refractivity contribution in [1.29, 1.82) is 0 Å². The highest BCUT2D eigenvalue weighted by Gasteiger charge is 2.28. The van der Waals surface area contributed by atoms with Crippen molar-refractivity contribution < 1.29 is 9.53 Å². The predicted molar refractivity (Wildman–Crippen MR) is 56.6 cm³/mol. The molecule has 0 fully saturated rings. The van der Waals surface area contributed by atoms with Crippen LogP contribution in [0.25, 0.3) is 0 Å². The highest BCUT2D eigenvalue weighted by Crippen LogP contribution is 2.40. The van der Waals surface area contributed by atoms with Crippen molar-refractivity contribution >= 4 is 5.97 Å². The average Bonchev–Trinajstić information content (AvgIpc) is 2.12. The van der Waals surface area contributed by atoms with Gasteiger partial charge >= 0.3 is 5.97 Å². The molecule has 0 unspecified atom stereocenters. The fourth-order valence-electron chi connectivity index (χ4n) is 1.73. The Morgan fingerprint density at radius 3 is 2.79 bits per heavy atom. The van der Waals surface area contributed by atoms with Crippen LogP contribution in [-0.4, -0.2) is 5.97 Å². The fourth-order valence-corrected chi connectivity index (χ4v) is 1.73. The molecule has 2 nitrogen and oxygen atoms in total. The van der Waals surface area contributed by atoms with Gasteiger partial charge in [-0.2, -0.15) is 0 Å². The minimum atomic E-state index is -0.350.